The molecule has 0 amide bonds. The summed E-state index contributed by atoms with van der Waals surface area (Å²) in [6, 6.07) is 8.16. The molecule has 0 bridgehead atoms. The van der Waals surface area contributed by atoms with Gasteiger partial charge in [0.05, 0.1) is 7.11 Å². The number of hydrogen-bond acceptors (Lipinski definition) is 3. The molecule has 1 saturated carbocycles. The summed E-state index contributed by atoms with van der Waals surface area (Å²) in [7, 11) is 3.48. The molecule has 1 aromatic rings. The first-order valence-electron chi connectivity index (χ1n) is 8.47. The van der Waals surface area contributed by atoms with Gasteiger partial charge in [0.1, 0.15) is 5.75 Å². The van der Waals surface area contributed by atoms with E-state index in [-0.39, 0.29) is 24.0 Å². The maximum Gasteiger partial charge on any atom is 0.190 e. The monoisotopic (exact) mass is 447 g/mol. The molecule has 0 spiro atoms. The molecule has 5 nitrogen and oxygen atoms in total. The summed E-state index contributed by atoms with van der Waals surface area (Å²) >= 11 is 0. The lowest BCUT2D eigenvalue weighted by Crippen LogP contribution is -2.39. The largest absolute Gasteiger partial charge is 0.497 e. The number of aliphatic imine (C=N–C) groups is 1. The van der Waals surface area contributed by atoms with Crippen molar-refractivity contribution in [3.05, 3.63) is 29.8 Å². The van der Waals surface area contributed by atoms with E-state index in [1.165, 1.54) is 18.4 Å². The summed E-state index contributed by atoms with van der Waals surface area (Å²) in [5, 5.41) is 6.65. The van der Waals surface area contributed by atoms with Crippen LogP contribution >= 0.6 is 24.0 Å². The average Bonchev–Trinajstić information content (AvgIpc) is 3.41. The van der Waals surface area contributed by atoms with Crippen molar-refractivity contribution in [2.24, 2.45) is 10.9 Å². The number of hydrogen-bond donors (Lipinski definition) is 2. The summed E-state index contributed by atoms with van der Waals surface area (Å²) in [6.45, 7) is 3.50. The van der Waals surface area contributed by atoms with E-state index in [0.29, 0.717) is 0 Å². The van der Waals surface area contributed by atoms with E-state index >= 15 is 0 Å². The highest BCUT2D eigenvalue weighted by Crippen LogP contribution is 2.28. The summed E-state index contributed by atoms with van der Waals surface area (Å²) in [5.74, 6) is 2.58. The molecule has 1 aliphatic rings. The fourth-order valence-corrected chi connectivity index (χ4v) is 2.25. The van der Waals surface area contributed by atoms with Crippen LogP contribution in [0.1, 0.15) is 24.8 Å². The minimum Gasteiger partial charge on any atom is -0.497 e. The second kappa shape index (κ2) is 12.4. The summed E-state index contributed by atoms with van der Waals surface area (Å²) in [6.07, 6.45) is 4.66. The average molecular weight is 447 g/mol. The van der Waals surface area contributed by atoms with Gasteiger partial charge in [0.25, 0.3) is 0 Å². The third kappa shape index (κ3) is 8.73. The van der Waals surface area contributed by atoms with Crippen LogP contribution in [-0.4, -0.2) is 46.4 Å². The summed E-state index contributed by atoms with van der Waals surface area (Å²) < 4.78 is 10.8. The van der Waals surface area contributed by atoms with Crippen LogP contribution in [0.5, 0.6) is 5.75 Å². The van der Waals surface area contributed by atoms with Crippen molar-refractivity contribution in [2.75, 3.05) is 40.5 Å². The Kier molecular flexibility index (Phi) is 10.8. The molecule has 0 atom stereocenters. The first-order chi connectivity index (χ1) is 11.3. The molecule has 1 fully saturated rings. The third-order valence-electron chi connectivity index (χ3n) is 3.90. The molecule has 2 rings (SSSR count). The molecule has 24 heavy (non-hydrogen) atoms. The van der Waals surface area contributed by atoms with Crippen LogP contribution in [0.3, 0.4) is 0 Å². The van der Waals surface area contributed by atoms with E-state index in [1.807, 2.05) is 12.1 Å². The maximum absolute atomic E-state index is 5.62. The number of rotatable bonds is 10. The predicted octanol–water partition coefficient (Wildman–Crippen LogP) is 2.84. The van der Waals surface area contributed by atoms with Crippen molar-refractivity contribution in [1.29, 1.82) is 0 Å². The van der Waals surface area contributed by atoms with Gasteiger partial charge in [0, 0.05) is 33.4 Å². The van der Waals surface area contributed by atoms with Gasteiger partial charge in [-0.2, -0.15) is 0 Å². The smallest absolute Gasteiger partial charge is 0.190 e. The number of halogens is 1. The van der Waals surface area contributed by atoms with Gasteiger partial charge in [0.2, 0.25) is 0 Å². The Hall–Kier alpha value is -1.02. The highest BCUT2D eigenvalue weighted by molar-refractivity contribution is 14.0. The van der Waals surface area contributed by atoms with Gasteiger partial charge in [-0.15, -0.1) is 24.0 Å². The van der Waals surface area contributed by atoms with E-state index in [2.05, 4.69) is 27.8 Å². The predicted molar refractivity (Wildman–Crippen MR) is 110 cm³/mol. The Morgan fingerprint density at radius 1 is 1.17 bits per heavy atom. The Bertz CT molecular complexity index is 476. The van der Waals surface area contributed by atoms with Crippen molar-refractivity contribution in [3.8, 4) is 5.75 Å². The molecule has 0 unspecified atom stereocenters. The lowest BCUT2D eigenvalue weighted by molar-refractivity contribution is 0.123. The van der Waals surface area contributed by atoms with Crippen LogP contribution in [-0.2, 0) is 11.2 Å². The highest BCUT2D eigenvalue weighted by Gasteiger charge is 2.20. The standard InChI is InChI=1S/C18H29N3O2.HI/c1-19-18(20-11-3-13-23-14-16-4-5-16)21-12-10-15-6-8-17(22-2)9-7-15;/h6-9,16H,3-5,10-14H2,1-2H3,(H2,19,20,21);1H. The van der Waals surface area contributed by atoms with Crippen LogP contribution in [0.4, 0.5) is 0 Å². The van der Waals surface area contributed by atoms with Gasteiger partial charge in [-0.1, -0.05) is 12.1 Å². The lowest BCUT2D eigenvalue weighted by atomic mass is 10.1. The molecule has 1 aromatic carbocycles. The molecule has 1 aliphatic carbocycles. The van der Waals surface area contributed by atoms with Gasteiger partial charge in [-0.05, 0) is 49.3 Å². The van der Waals surface area contributed by atoms with E-state index in [0.717, 1.165) is 56.8 Å². The third-order valence-corrected chi connectivity index (χ3v) is 3.90. The van der Waals surface area contributed by atoms with E-state index < -0.39 is 0 Å². The molecule has 136 valence electrons. The number of methoxy groups -OCH3 is 1. The molecule has 0 heterocycles. The zero-order valence-corrected chi connectivity index (χ0v) is 17.0. The normalized spacial score (nSPS) is 14.0. The summed E-state index contributed by atoms with van der Waals surface area (Å²) in [5.41, 5.74) is 1.28. The van der Waals surface area contributed by atoms with Gasteiger partial charge < -0.3 is 20.1 Å². The zero-order chi connectivity index (χ0) is 16.3. The molecular weight excluding hydrogens is 417 g/mol. The van der Waals surface area contributed by atoms with Crippen molar-refractivity contribution < 1.29 is 9.47 Å². The highest BCUT2D eigenvalue weighted by atomic mass is 127. The topological polar surface area (TPSA) is 54.9 Å². The van der Waals surface area contributed by atoms with Gasteiger partial charge in [-0.25, -0.2) is 0 Å². The SMILES string of the molecule is CN=C(NCCCOCC1CC1)NCCc1ccc(OC)cc1.I. The fraction of sp³-hybridized carbons (Fsp3) is 0.611. The number of nitrogens with zero attached hydrogens (tertiary/aromatic N) is 1. The fourth-order valence-electron chi connectivity index (χ4n) is 2.25. The number of benzene rings is 1. The van der Waals surface area contributed by atoms with Crippen molar-refractivity contribution in [2.45, 2.75) is 25.7 Å². The first-order valence-corrected chi connectivity index (χ1v) is 8.47. The Labute approximate surface area is 162 Å². The number of guanidine groups is 1. The van der Waals surface area contributed by atoms with Crippen molar-refractivity contribution >= 4 is 29.9 Å². The Morgan fingerprint density at radius 2 is 1.88 bits per heavy atom. The van der Waals surface area contributed by atoms with Gasteiger partial charge >= 0.3 is 0 Å². The first kappa shape index (κ1) is 21.0. The molecule has 2 N–H and O–H groups in total. The Morgan fingerprint density at radius 3 is 2.50 bits per heavy atom. The molecule has 0 aromatic heterocycles. The summed E-state index contributed by atoms with van der Waals surface area (Å²) in [4.78, 5) is 4.24. The molecule has 0 saturated heterocycles. The van der Waals surface area contributed by atoms with Gasteiger partial charge in [-0.3, -0.25) is 4.99 Å². The second-order valence-electron chi connectivity index (χ2n) is 5.90. The minimum atomic E-state index is 0. The molecule has 6 heteroatoms. The zero-order valence-electron chi connectivity index (χ0n) is 14.7. The van der Waals surface area contributed by atoms with E-state index in [4.69, 9.17) is 9.47 Å². The lowest BCUT2D eigenvalue weighted by Gasteiger charge is -2.12. The number of nitrogens with one attached hydrogen (secondary N) is 2. The maximum atomic E-state index is 5.62. The van der Waals surface area contributed by atoms with Crippen LogP contribution < -0.4 is 15.4 Å². The van der Waals surface area contributed by atoms with E-state index in [1.54, 1.807) is 14.2 Å². The van der Waals surface area contributed by atoms with Crippen LogP contribution in [0.15, 0.2) is 29.3 Å². The molecular formula is C18H30IN3O2. The van der Waals surface area contributed by atoms with Crippen molar-refractivity contribution in [3.63, 3.8) is 0 Å². The molecule has 0 aliphatic heterocycles. The van der Waals surface area contributed by atoms with Crippen molar-refractivity contribution in [1.82, 2.24) is 10.6 Å². The Balaban J connectivity index is 0.00000288. The van der Waals surface area contributed by atoms with Gasteiger partial charge in [0.15, 0.2) is 5.96 Å². The minimum absolute atomic E-state index is 0. The number of ether oxygens (including phenoxy) is 2. The van der Waals surface area contributed by atoms with Crippen LogP contribution in [0, 0.1) is 5.92 Å². The van der Waals surface area contributed by atoms with E-state index in [9.17, 15) is 0 Å². The second-order valence-corrected chi connectivity index (χ2v) is 5.90. The quantitative estimate of drug-likeness (QED) is 0.251. The molecule has 0 radical (unpaired) electrons. The van der Waals surface area contributed by atoms with Crippen LogP contribution in [0.25, 0.3) is 0 Å². The van der Waals surface area contributed by atoms with Crippen LogP contribution in [0.2, 0.25) is 0 Å².